The average Bonchev–Trinajstić information content (AvgIpc) is 2.21. The van der Waals surface area contributed by atoms with Crippen LogP contribution in [0.3, 0.4) is 0 Å². The molecule has 0 heterocycles. The largest absolute Gasteiger partial charge is 0.492 e. The van der Waals surface area contributed by atoms with Gasteiger partial charge in [0.05, 0.1) is 6.21 Å². The number of ether oxygens (including phenoxy) is 1. The molecule has 1 aromatic rings. The van der Waals surface area contributed by atoms with E-state index in [1.54, 1.807) is 18.2 Å². The second-order valence-electron chi connectivity index (χ2n) is 3.58. The van der Waals surface area contributed by atoms with Gasteiger partial charge < -0.3 is 14.8 Å². The van der Waals surface area contributed by atoms with E-state index >= 15 is 0 Å². The van der Waals surface area contributed by atoms with Gasteiger partial charge in [-0.15, -0.1) is 0 Å². The zero-order valence-corrected chi connectivity index (χ0v) is 10.1. The van der Waals surface area contributed by atoms with Crippen molar-refractivity contribution in [2.24, 2.45) is 5.16 Å². The SMILES string of the molecule is CN(C)CCOc1ccc(Cl)cc1C=NO. The van der Waals surface area contributed by atoms with Crippen LogP contribution in [0.5, 0.6) is 5.75 Å². The van der Waals surface area contributed by atoms with E-state index in [1.165, 1.54) is 6.21 Å². The molecule has 0 saturated heterocycles. The lowest BCUT2D eigenvalue weighted by atomic mass is 10.2. The van der Waals surface area contributed by atoms with Crippen molar-refractivity contribution < 1.29 is 9.94 Å². The third kappa shape index (κ3) is 4.08. The van der Waals surface area contributed by atoms with Gasteiger partial charge in [-0.3, -0.25) is 0 Å². The van der Waals surface area contributed by atoms with Gasteiger partial charge in [0.15, 0.2) is 0 Å². The number of hydrogen-bond donors (Lipinski definition) is 1. The van der Waals surface area contributed by atoms with E-state index in [1.807, 2.05) is 19.0 Å². The van der Waals surface area contributed by atoms with Crippen LogP contribution in [0.25, 0.3) is 0 Å². The lowest BCUT2D eigenvalue weighted by Crippen LogP contribution is -2.19. The van der Waals surface area contributed by atoms with Crippen molar-refractivity contribution in [2.45, 2.75) is 0 Å². The normalized spacial score (nSPS) is 11.2. The molecule has 1 N–H and O–H groups in total. The number of benzene rings is 1. The molecule has 0 radical (unpaired) electrons. The number of rotatable bonds is 5. The quantitative estimate of drug-likeness (QED) is 0.489. The first-order valence-electron chi connectivity index (χ1n) is 4.88. The summed E-state index contributed by atoms with van der Waals surface area (Å²) in [4.78, 5) is 2.02. The summed E-state index contributed by atoms with van der Waals surface area (Å²) in [6.07, 6.45) is 1.30. The Labute approximate surface area is 100 Å². The number of likely N-dealkylation sites (N-methyl/N-ethyl adjacent to an activating group) is 1. The maximum Gasteiger partial charge on any atom is 0.128 e. The van der Waals surface area contributed by atoms with E-state index in [4.69, 9.17) is 21.5 Å². The van der Waals surface area contributed by atoms with Gasteiger partial charge >= 0.3 is 0 Å². The maximum absolute atomic E-state index is 8.51. The molecule has 88 valence electrons. The molecule has 0 spiro atoms. The van der Waals surface area contributed by atoms with E-state index in [0.29, 0.717) is 22.9 Å². The first-order valence-corrected chi connectivity index (χ1v) is 5.26. The van der Waals surface area contributed by atoms with Crippen molar-refractivity contribution in [1.82, 2.24) is 4.90 Å². The van der Waals surface area contributed by atoms with Crippen LogP contribution >= 0.6 is 11.6 Å². The monoisotopic (exact) mass is 242 g/mol. The van der Waals surface area contributed by atoms with Crippen molar-refractivity contribution in [2.75, 3.05) is 27.2 Å². The highest BCUT2D eigenvalue weighted by molar-refractivity contribution is 6.30. The van der Waals surface area contributed by atoms with Crippen molar-refractivity contribution in [3.05, 3.63) is 28.8 Å². The van der Waals surface area contributed by atoms with Gasteiger partial charge in [-0.25, -0.2) is 0 Å². The zero-order valence-electron chi connectivity index (χ0n) is 9.35. The standard InChI is InChI=1S/C11H15ClN2O2/c1-14(2)5-6-16-11-4-3-10(12)7-9(11)8-13-15/h3-4,7-8,15H,5-6H2,1-2H3. The Morgan fingerprint density at radius 3 is 2.88 bits per heavy atom. The van der Waals surface area contributed by atoms with Crippen LogP contribution < -0.4 is 4.74 Å². The fourth-order valence-corrected chi connectivity index (χ4v) is 1.33. The Balaban J connectivity index is 2.70. The van der Waals surface area contributed by atoms with Crippen LogP contribution in [-0.4, -0.2) is 43.6 Å². The maximum atomic E-state index is 8.51. The first kappa shape index (κ1) is 12.8. The van der Waals surface area contributed by atoms with Crippen molar-refractivity contribution in [1.29, 1.82) is 0 Å². The summed E-state index contributed by atoms with van der Waals surface area (Å²) < 4.78 is 5.55. The summed E-state index contributed by atoms with van der Waals surface area (Å²) in [5.41, 5.74) is 0.661. The fraction of sp³-hybridized carbons (Fsp3) is 0.364. The Morgan fingerprint density at radius 2 is 2.25 bits per heavy atom. The molecular weight excluding hydrogens is 228 g/mol. The van der Waals surface area contributed by atoms with Gasteiger partial charge in [0.2, 0.25) is 0 Å². The van der Waals surface area contributed by atoms with Crippen LogP contribution in [0, 0.1) is 0 Å². The smallest absolute Gasteiger partial charge is 0.128 e. The second kappa shape index (κ2) is 6.35. The summed E-state index contributed by atoms with van der Waals surface area (Å²) in [5, 5.41) is 12.1. The second-order valence-corrected chi connectivity index (χ2v) is 4.01. The van der Waals surface area contributed by atoms with E-state index in [0.717, 1.165) is 6.54 Å². The fourth-order valence-electron chi connectivity index (χ4n) is 1.15. The molecule has 0 atom stereocenters. The van der Waals surface area contributed by atoms with E-state index in [2.05, 4.69) is 5.16 Å². The summed E-state index contributed by atoms with van der Waals surface area (Å²) in [6.45, 7) is 1.39. The minimum atomic E-state index is 0.570. The van der Waals surface area contributed by atoms with Crippen molar-refractivity contribution in [3.63, 3.8) is 0 Å². The minimum Gasteiger partial charge on any atom is -0.492 e. The molecule has 0 fully saturated rings. The van der Waals surface area contributed by atoms with Gasteiger partial charge in [0, 0.05) is 17.1 Å². The molecule has 0 aliphatic heterocycles. The number of oxime groups is 1. The van der Waals surface area contributed by atoms with E-state index in [-0.39, 0.29) is 0 Å². The van der Waals surface area contributed by atoms with Crippen molar-refractivity contribution in [3.8, 4) is 5.75 Å². The number of hydrogen-bond acceptors (Lipinski definition) is 4. The Morgan fingerprint density at radius 1 is 1.50 bits per heavy atom. The molecule has 4 nitrogen and oxygen atoms in total. The molecule has 0 unspecified atom stereocenters. The van der Waals surface area contributed by atoms with E-state index < -0.39 is 0 Å². The molecule has 0 aliphatic rings. The molecule has 1 rings (SSSR count). The van der Waals surface area contributed by atoms with Crippen molar-refractivity contribution >= 4 is 17.8 Å². The van der Waals surface area contributed by atoms with Crippen LogP contribution in [0.4, 0.5) is 0 Å². The molecule has 0 aromatic heterocycles. The van der Waals surface area contributed by atoms with Gasteiger partial charge in [-0.05, 0) is 32.3 Å². The molecule has 0 aliphatic carbocycles. The molecule has 0 saturated carbocycles. The van der Waals surface area contributed by atoms with Crippen LogP contribution in [0.15, 0.2) is 23.4 Å². The average molecular weight is 243 g/mol. The molecule has 16 heavy (non-hydrogen) atoms. The molecular formula is C11H15ClN2O2. The highest BCUT2D eigenvalue weighted by Crippen LogP contribution is 2.21. The van der Waals surface area contributed by atoms with Gasteiger partial charge in [-0.2, -0.15) is 0 Å². The Kier molecular flexibility index (Phi) is 5.08. The summed E-state index contributed by atoms with van der Waals surface area (Å²) in [7, 11) is 3.95. The predicted molar refractivity (Wildman–Crippen MR) is 64.9 cm³/mol. The Bertz CT molecular complexity index is 367. The van der Waals surface area contributed by atoms with Gasteiger partial charge in [-0.1, -0.05) is 16.8 Å². The minimum absolute atomic E-state index is 0.570. The topological polar surface area (TPSA) is 45.1 Å². The van der Waals surface area contributed by atoms with Crippen LogP contribution in [0.1, 0.15) is 5.56 Å². The Hall–Kier alpha value is -1.26. The van der Waals surface area contributed by atoms with Crippen LogP contribution in [-0.2, 0) is 0 Å². The first-order chi connectivity index (χ1) is 7.63. The lowest BCUT2D eigenvalue weighted by molar-refractivity contribution is 0.261. The third-order valence-electron chi connectivity index (χ3n) is 1.96. The predicted octanol–water partition coefficient (Wildman–Crippen LogP) is 2.09. The zero-order chi connectivity index (χ0) is 12.0. The summed E-state index contributed by atoms with van der Waals surface area (Å²) >= 11 is 5.83. The lowest BCUT2D eigenvalue weighted by Gasteiger charge is -2.12. The highest BCUT2D eigenvalue weighted by atomic mass is 35.5. The van der Waals surface area contributed by atoms with E-state index in [9.17, 15) is 0 Å². The highest BCUT2D eigenvalue weighted by Gasteiger charge is 2.03. The number of nitrogens with zero attached hydrogens (tertiary/aromatic N) is 2. The molecule has 0 bridgehead atoms. The summed E-state index contributed by atoms with van der Waals surface area (Å²) in [5.74, 6) is 0.657. The molecule has 5 heteroatoms. The summed E-state index contributed by atoms with van der Waals surface area (Å²) in [6, 6.07) is 5.18. The molecule has 0 amide bonds. The number of halogens is 1. The van der Waals surface area contributed by atoms with Gasteiger partial charge in [0.25, 0.3) is 0 Å². The van der Waals surface area contributed by atoms with Crippen LogP contribution in [0.2, 0.25) is 5.02 Å². The van der Waals surface area contributed by atoms with Gasteiger partial charge in [0.1, 0.15) is 12.4 Å². The molecule has 1 aromatic carbocycles. The third-order valence-corrected chi connectivity index (χ3v) is 2.20.